The lowest BCUT2D eigenvalue weighted by molar-refractivity contribution is -0.127. The van der Waals surface area contributed by atoms with Gasteiger partial charge >= 0.3 is 0 Å². The van der Waals surface area contributed by atoms with Gasteiger partial charge in [-0.3, -0.25) is 9.59 Å². The van der Waals surface area contributed by atoms with Crippen LogP contribution in [0.2, 0.25) is 0 Å². The van der Waals surface area contributed by atoms with E-state index in [1.165, 1.54) is 18.5 Å². The molecule has 23 heavy (non-hydrogen) atoms. The van der Waals surface area contributed by atoms with Crippen LogP contribution in [0.15, 0.2) is 18.5 Å². The van der Waals surface area contributed by atoms with E-state index < -0.39 is 5.82 Å². The summed E-state index contributed by atoms with van der Waals surface area (Å²) in [6, 6.07) is 2.49. The summed E-state index contributed by atoms with van der Waals surface area (Å²) in [5.74, 6) is -0.976. The summed E-state index contributed by atoms with van der Waals surface area (Å²) < 4.78 is 13.8. The van der Waals surface area contributed by atoms with Crippen molar-refractivity contribution in [1.29, 1.82) is 0 Å². The van der Waals surface area contributed by atoms with E-state index in [-0.39, 0.29) is 36.0 Å². The molecule has 0 radical (unpaired) electrons. The van der Waals surface area contributed by atoms with E-state index in [1.54, 1.807) is 4.90 Å². The first-order chi connectivity index (χ1) is 11.1. The van der Waals surface area contributed by atoms with Gasteiger partial charge in [0.25, 0.3) is 5.91 Å². The number of halogens is 1. The molecule has 2 atom stereocenters. The largest absolute Gasteiger partial charge is 0.350 e. The van der Waals surface area contributed by atoms with Crippen LogP contribution in [0.3, 0.4) is 0 Å². The number of hydrogen-bond acceptors (Lipinski definition) is 3. The third-order valence-electron chi connectivity index (χ3n) is 4.77. The van der Waals surface area contributed by atoms with E-state index in [1.807, 2.05) is 0 Å². The molecule has 1 aliphatic carbocycles. The van der Waals surface area contributed by atoms with E-state index in [2.05, 4.69) is 15.3 Å². The van der Waals surface area contributed by atoms with Crippen molar-refractivity contribution in [2.75, 3.05) is 6.54 Å². The normalized spacial score (nSPS) is 24.4. The highest BCUT2D eigenvalue weighted by Gasteiger charge is 2.39. The zero-order chi connectivity index (χ0) is 16.0. The second-order valence-corrected chi connectivity index (χ2v) is 6.21. The molecule has 1 saturated heterocycles. The maximum Gasteiger partial charge on any atom is 0.257 e. The van der Waals surface area contributed by atoms with Crippen molar-refractivity contribution in [3.05, 3.63) is 29.8 Å². The van der Waals surface area contributed by atoms with Crippen LogP contribution in [-0.4, -0.2) is 45.3 Å². The van der Waals surface area contributed by atoms with Gasteiger partial charge in [-0.1, -0.05) is 12.8 Å². The van der Waals surface area contributed by atoms with Crippen molar-refractivity contribution in [1.82, 2.24) is 20.2 Å². The zero-order valence-electron chi connectivity index (χ0n) is 12.5. The van der Waals surface area contributed by atoms with Gasteiger partial charge in [-0.25, -0.2) is 9.37 Å². The molecule has 2 heterocycles. The number of hydrogen-bond donors (Lipinski definition) is 2. The van der Waals surface area contributed by atoms with Crippen LogP contribution in [0.5, 0.6) is 0 Å². The van der Waals surface area contributed by atoms with Crippen molar-refractivity contribution >= 4 is 22.8 Å². The molecule has 2 unspecified atom stereocenters. The molecule has 4 rings (SSSR count). The summed E-state index contributed by atoms with van der Waals surface area (Å²) in [5.41, 5.74) is 1.13. The standard InChI is InChI=1S/C16H17FN4O2/c17-9-5-10(15-12(6-9)18-8-19-15)16(23)21-7-14(22)20-11-3-1-2-4-13(11)21/h5-6,8,11,13H,1-4,7H2,(H,18,19)(H,20,22). The highest BCUT2D eigenvalue weighted by molar-refractivity contribution is 6.06. The van der Waals surface area contributed by atoms with E-state index in [9.17, 15) is 14.0 Å². The second kappa shape index (κ2) is 5.33. The molecule has 1 aliphatic heterocycles. The lowest BCUT2D eigenvalue weighted by Gasteiger charge is -2.43. The van der Waals surface area contributed by atoms with Crippen molar-refractivity contribution in [2.45, 2.75) is 37.8 Å². The first-order valence-corrected chi connectivity index (χ1v) is 7.86. The topological polar surface area (TPSA) is 78.1 Å². The number of aromatic nitrogens is 2. The minimum absolute atomic E-state index is 0.00261. The average molecular weight is 316 g/mol. The zero-order valence-corrected chi connectivity index (χ0v) is 12.5. The number of carbonyl (C=O) groups excluding carboxylic acids is 2. The monoisotopic (exact) mass is 316 g/mol. The van der Waals surface area contributed by atoms with E-state index in [0.717, 1.165) is 25.7 Å². The van der Waals surface area contributed by atoms with Crippen molar-refractivity contribution in [2.24, 2.45) is 0 Å². The summed E-state index contributed by atoms with van der Waals surface area (Å²) >= 11 is 0. The minimum Gasteiger partial charge on any atom is -0.350 e. The SMILES string of the molecule is O=C1CN(C(=O)c2cc(F)cc3[nH]cnc23)C2CCCCC2N1. The Balaban J connectivity index is 1.74. The summed E-state index contributed by atoms with van der Waals surface area (Å²) in [4.78, 5) is 33.5. The number of benzene rings is 1. The molecule has 120 valence electrons. The molecular weight excluding hydrogens is 299 g/mol. The molecule has 2 N–H and O–H groups in total. The number of nitrogens with one attached hydrogen (secondary N) is 2. The van der Waals surface area contributed by atoms with Gasteiger partial charge in [0.05, 0.1) is 23.4 Å². The van der Waals surface area contributed by atoms with Crippen LogP contribution in [0, 0.1) is 5.82 Å². The molecule has 1 saturated carbocycles. The second-order valence-electron chi connectivity index (χ2n) is 6.21. The number of H-pyrrole nitrogens is 1. The van der Waals surface area contributed by atoms with Crippen LogP contribution in [0.25, 0.3) is 11.0 Å². The van der Waals surface area contributed by atoms with Crippen LogP contribution in [0.4, 0.5) is 4.39 Å². The number of piperazine rings is 1. The Labute approximate surface area is 132 Å². The van der Waals surface area contributed by atoms with E-state index in [4.69, 9.17) is 0 Å². The minimum atomic E-state index is -0.494. The van der Waals surface area contributed by atoms with Gasteiger partial charge in [-0.2, -0.15) is 0 Å². The molecule has 1 aromatic carbocycles. The van der Waals surface area contributed by atoms with Crippen molar-refractivity contribution in [3.63, 3.8) is 0 Å². The van der Waals surface area contributed by atoms with Crippen molar-refractivity contribution < 1.29 is 14.0 Å². The summed E-state index contributed by atoms with van der Waals surface area (Å²) in [7, 11) is 0. The van der Waals surface area contributed by atoms with E-state index in [0.29, 0.717) is 11.0 Å². The molecule has 0 spiro atoms. The molecule has 7 heteroatoms. The highest BCUT2D eigenvalue weighted by Crippen LogP contribution is 2.28. The molecule has 2 fully saturated rings. The number of fused-ring (bicyclic) bond motifs is 2. The molecule has 0 bridgehead atoms. The Morgan fingerprint density at radius 1 is 1.30 bits per heavy atom. The Morgan fingerprint density at radius 3 is 3.00 bits per heavy atom. The molecule has 1 aromatic heterocycles. The maximum absolute atomic E-state index is 13.8. The average Bonchev–Trinajstić information content (AvgIpc) is 3.00. The van der Waals surface area contributed by atoms with Gasteiger partial charge in [0.1, 0.15) is 17.9 Å². The fraction of sp³-hybridized carbons (Fsp3) is 0.438. The summed E-state index contributed by atoms with van der Waals surface area (Å²) in [6.07, 6.45) is 5.25. The first kappa shape index (κ1) is 14.2. The van der Waals surface area contributed by atoms with Crippen molar-refractivity contribution in [3.8, 4) is 0 Å². The Hall–Kier alpha value is -2.44. The Morgan fingerprint density at radius 2 is 2.13 bits per heavy atom. The van der Waals surface area contributed by atoms with Crippen LogP contribution in [-0.2, 0) is 4.79 Å². The van der Waals surface area contributed by atoms with Gasteiger partial charge in [0.2, 0.25) is 5.91 Å². The maximum atomic E-state index is 13.8. The fourth-order valence-corrected chi connectivity index (χ4v) is 3.73. The molecule has 6 nitrogen and oxygen atoms in total. The lowest BCUT2D eigenvalue weighted by Crippen LogP contribution is -2.62. The predicted octanol–water partition coefficient (Wildman–Crippen LogP) is 1.59. The number of carbonyl (C=O) groups is 2. The van der Waals surface area contributed by atoms with Gasteiger partial charge in [-0.05, 0) is 25.0 Å². The molecular formula is C16H17FN4O2. The fourth-order valence-electron chi connectivity index (χ4n) is 3.73. The van der Waals surface area contributed by atoms with Crippen LogP contribution < -0.4 is 5.32 Å². The number of amides is 2. The third-order valence-corrected chi connectivity index (χ3v) is 4.77. The quantitative estimate of drug-likeness (QED) is 0.838. The smallest absolute Gasteiger partial charge is 0.257 e. The predicted molar refractivity (Wildman–Crippen MR) is 81.3 cm³/mol. The summed E-state index contributed by atoms with van der Waals surface area (Å²) in [6.45, 7) is 0.0163. The highest BCUT2D eigenvalue weighted by atomic mass is 19.1. The van der Waals surface area contributed by atoms with Gasteiger partial charge < -0.3 is 15.2 Å². The number of aromatic amines is 1. The molecule has 2 aromatic rings. The first-order valence-electron chi connectivity index (χ1n) is 7.86. The van der Waals surface area contributed by atoms with Crippen LogP contribution in [0.1, 0.15) is 36.0 Å². The molecule has 2 aliphatic rings. The van der Waals surface area contributed by atoms with Crippen LogP contribution >= 0.6 is 0 Å². The Kier molecular flexibility index (Phi) is 3.28. The number of rotatable bonds is 1. The van der Waals surface area contributed by atoms with Gasteiger partial charge in [0.15, 0.2) is 0 Å². The lowest BCUT2D eigenvalue weighted by atomic mass is 9.87. The number of imidazole rings is 1. The third kappa shape index (κ3) is 2.36. The van der Waals surface area contributed by atoms with Gasteiger partial charge in [-0.15, -0.1) is 0 Å². The van der Waals surface area contributed by atoms with Gasteiger partial charge in [0, 0.05) is 6.04 Å². The van der Waals surface area contributed by atoms with E-state index >= 15 is 0 Å². The number of nitrogens with zero attached hydrogens (tertiary/aromatic N) is 2. The summed E-state index contributed by atoms with van der Waals surface area (Å²) in [5, 5.41) is 2.97. The molecule has 2 amide bonds. The Bertz CT molecular complexity index is 787.